The van der Waals surface area contributed by atoms with Gasteiger partial charge in [-0.15, -0.1) is 0 Å². The molecule has 1 fully saturated rings. The van der Waals surface area contributed by atoms with Crippen LogP contribution >= 0.6 is 0 Å². The van der Waals surface area contributed by atoms with Crippen LogP contribution in [0.3, 0.4) is 0 Å². The minimum Gasteiger partial charge on any atom is -0.345 e. The zero-order valence-electron chi connectivity index (χ0n) is 15.2. The van der Waals surface area contributed by atoms with Crippen LogP contribution in [0.4, 0.5) is 4.79 Å². The number of nitrogens with zero attached hydrogens (tertiary/aromatic N) is 4. The number of imidazole rings is 1. The van der Waals surface area contributed by atoms with E-state index in [1.807, 2.05) is 19.4 Å². The fourth-order valence-electron chi connectivity index (χ4n) is 3.14. The molecule has 7 heteroatoms. The Bertz CT molecular complexity index is 569. The number of amides is 3. The Kier molecular flexibility index (Phi) is 6.23. The molecule has 2 heterocycles. The van der Waals surface area contributed by atoms with E-state index >= 15 is 0 Å². The van der Waals surface area contributed by atoms with Crippen molar-refractivity contribution in [3.63, 3.8) is 0 Å². The first kappa shape index (κ1) is 18.3. The highest BCUT2D eigenvalue weighted by atomic mass is 16.2. The average Bonchev–Trinajstić information content (AvgIpc) is 3.10. The van der Waals surface area contributed by atoms with Crippen LogP contribution in [0.1, 0.15) is 38.4 Å². The highest BCUT2D eigenvalue weighted by Gasteiger charge is 2.28. The SMILES string of the molecule is CC(C)c1nccn1CCCNC(=O)N(C)C[C@H]1CC(=O)N(C)C1. The van der Waals surface area contributed by atoms with Gasteiger partial charge in [0.25, 0.3) is 0 Å². The first-order valence-electron chi connectivity index (χ1n) is 8.62. The molecule has 0 bridgehead atoms. The standard InChI is InChI=1S/C17H29N5O2/c1-13(2)16-18-7-9-22(16)8-5-6-19-17(24)21(4)12-14-10-15(23)20(3)11-14/h7,9,13-14H,5-6,8,10-12H2,1-4H3,(H,19,24)/t14-/m0/s1. The van der Waals surface area contributed by atoms with E-state index in [2.05, 4.69) is 28.7 Å². The van der Waals surface area contributed by atoms with Crippen LogP contribution in [0, 0.1) is 5.92 Å². The number of nitrogens with one attached hydrogen (secondary N) is 1. The summed E-state index contributed by atoms with van der Waals surface area (Å²) >= 11 is 0. The lowest BCUT2D eigenvalue weighted by Crippen LogP contribution is -2.40. The van der Waals surface area contributed by atoms with Crippen LogP contribution in [0.5, 0.6) is 0 Å². The number of carbonyl (C=O) groups excluding carboxylic acids is 2. The third kappa shape index (κ3) is 4.72. The predicted octanol–water partition coefficient (Wildman–Crippen LogP) is 1.52. The Labute approximate surface area is 144 Å². The molecule has 3 amide bonds. The summed E-state index contributed by atoms with van der Waals surface area (Å²) in [6.45, 7) is 7.07. The maximum Gasteiger partial charge on any atom is 0.317 e. The molecule has 0 aromatic carbocycles. The molecule has 1 saturated heterocycles. The molecule has 1 atom stereocenters. The van der Waals surface area contributed by atoms with Gasteiger partial charge in [-0.25, -0.2) is 9.78 Å². The van der Waals surface area contributed by atoms with Gasteiger partial charge in [0.05, 0.1) is 0 Å². The van der Waals surface area contributed by atoms with Crippen molar-refractivity contribution >= 4 is 11.9 Å². The van der Waals surface area contributed by atoms with Crippen LogP contribution in [0.25, 0.3) is 0 Å². The molecule has 7 nitrogen and oxygen atoms in total. The minimum absolute atomic E-state index is 0.0771. The van der Waals surface area contributed by atoms with E-state index < -0.39 is 0 Å². The summed E-state index contributed by atoms with van der Waals surface area (Å²) in [7, 11) is 3.59. The fourth-order valence-corrected chi connectivity index (χ4v) is 3.14. The monoisotopic (exact) mass is 335 g/mol. The Morgan fingerprint density at radius 1 is 1.50 bits per heavy atom. The Balaban J connectivity index is 1.67. The summed E-state index contributed by atoms with van der Waals surface area (Å²) in [6.07, 6.45) is 5.20. The number of aromatic nitrogens is 2. The third-order valence-electron chi connectivity index (χ3n) is 4.42. The Hall–Kier alpha value is -2.05. The van der Waals surface area contributed by atoms with Gasteiger partial charge in [0, 0.05) is 70.9 Å². The second-order valence-corrected chi connectivity index (χ2v) is 6.94. The average molecular weight is 335 g/mol. The summed E-state index contributed by atoms with van der Waals surface area (Å²) in [5, 5.41) is 2.94. The van der Waals surface area contributed by atoms with E-state index in [9.17, 15) is 9.59 Å². The lowest BCUT2D eigenvalue weighted by Gasteiger charge is -2.21. The van der Waals surface area contributed by atoms with Gasteiger partial charge in [0.2, 0.25) is 5.91 Å². The zero-order chi connectivity index (χ0) is 17.7. The van der Waals surface area contributed by atoms with Gasteiger partial charge in [-0.1, -0.05) is 13.8 Å². The smallest absolute Gasteiger partial charge is 0.317 e. The number of likely N-dealkylation sites (tertiary alicyclic amines) is 1. The van der Waals surface area contributed by atoms with Gasteiger partial charge in [0.15, 0.2) is 0 Å². The molecule has 1 aliphatic rings. The molecule has 24 heavy (non-hydrogen) atoms. The highest BCUT2D eigenvalue weighted by molar-refractivity contribution is 5.78. The summed E-state index contributed by atoms with van der Waals surface area (Å²) in [6, 6.07) is -0.0771. The molecule has 2 rings (SSSR count). The molecule has 0 saturated carbocycles. The highest BCUT2D eigenvalue weighted by Crippen LogP contribution is 2.16. The Morgan fingerprint density at radius 2 is 2.25 bits per heavy atom. The molecule has 1 N–H and O–H groups in total. The molecule has 0 spiro atoms. The molecular formula is C17H29N5O2. The van der Waals surface area contributed by atoms with E-state index in [1.54, 1.807) is 16.8 Å². The molecule has 1 aromatic rings. The van der Waals surface area contributed by atoms with Crippen molar-refractivity contribution in [1.29, 1.82) is 0 Å². The van der Waals surface area contributed by atoms with Crippen LogP contribution in [-0.2, 0) is 11.3 Å². The van der Waals surface area contributed by atoms with E-state index in [-0.39, 0.29) is 17.9 Å². The van der Waals surface area contributed by atoms with Crippen LogP contribution in [0.2, 0.25) is 0 Å². The van der Waals surface area contributed by atoms with Crippen molar-refractivity contribution in [2.24, 2.45) is 5.92 Å². The topological polar surface area (TPSA) is 70.5 Å². The molecule has 134 valence electrons. The van der Waals surface area contributed by atoms with Gasteiger partial charge in [0.1, 0.15) is 5.82 Å². The summed E-state index contributed by atoms with van der Waals surface area (Å²) < 4.78 is 2.14. The molecule has 0 radical (unpaired) electrons. The van der Waals surface area contributed by atoms with Crippen molar-refractivity contribution in [3.05, 3.63) is 18.2 Å². The summed E-state index contributed by atoms with van der Waals surface area (Å²) in [4.78, 5) is 31.4. The maximum atomic E-state index is 12.1. The second kappa shape index (κ2) is 8.17. The molecule has 1 aliphatic heterocycles. The zero-order valence-corrected chi connectivity index (χ0v) is 15.2. The number of rotatable bonds is 7. The van der Waals surface area contributed by atoms with Gasteiger partial charge in [-0.3, -0.25) is 4.79 Å². The van der Waals surface area contributed by atoms with Gasteiger partial charge >= 0.3 is 6.03 Å². The second-order valence-electron chi connectivity index (χ2n) is 6.94. The van der Waals surface area contributed by atoms with Crippen molar-refractivity contribution in [3.8, 4) is 0 Å². The van der Waals surface area contributed by atoms with E-state index in [0.717, 1.165) is 25.3 Å². The van der Waals surface area contributed by atoms with Crippen LogP contribution in [-0.4, -0.2) is 65.0 Å². The quantitative estimate of drug-likeness (QED) is 0.768. The number of carbonyl (C=O) groups is 2. The summed E-state index contributed by atoms with van der Waals surface area (Å²) in [5.74, 6) is 1.87. The van der Waals surface area contributed by atoms with E-state index in [1.165, 1.54) is 0 Å². The number of urea groups is 1. The molecule has 1 aromatic heterocycles. The van der Waals surface area contributed by atoms with E-state index in [0.29, 0.717) is 25.4 Å². The molecular weight excluding hydrogens is 306 g/mol. The summed E-state index contributed by atoms with van der Waals surface area (Å²) in [5.41, 5.74) is 0. The number of hydrogen-bond acceptors (Lipinski definition) is 3. The van der Waals surface area contributed by atoms with Crippen molar-refractivity contribution in [2.75, 3.05) is 33.7 Å². The van der Waals surface area contributed by atoms with Gasteiger partial charge in [-0.05, 0) is 6.42 Å². The number of aryl methyl sites for hydroxylation is 1. The van der Waals surface area contributed by atoms with Crippen molar-refractivity contribution < 1.29 is 9.59 Å². The van der Waals surface area contributed by atoms with Gasteiger partial charge < -0.3 is 19.7 Å². The minimum atomic E-state index is -0.0771. The van der Waals surface area contributed by atoms with Gasteiger partial charge in [-0.2, -0.15) is 0 Å². The third-order valence-corrected chi connectivity index (χ3v) is 4.42. The lowest BCUT2D eigenvalue weighted by atomic mass is 10.1. The van der Waals surface area contributed by atoms with Crippen LogP contribution in [0.15, 0.2) is 12.4 Å². The Morgan fingerprint density at radius 3 is 2.88 bits per heavy atom. The largest absolute Gasteiger partial charge is 0.345 e. The normalized spacial score (nSPS) is 17.6. The van der Waals surface area contributed by atoms with Crippen molar-refractivity contribution in [2.45, 2.75) is 39.2 Å². The maximum absolute atomic E-state index is 12.1. The first-order valence-corrected chi connectivity index (χ1v) is 8.62. The van der Waals surface area contributed by atoms with E-state index in [4.69, 9.17) is 0 Å². The van der Waals surface area contributed by atoms with Crippen LogP contribution < -0.4 is 5.32 Å². The number of hydrogen-bond donors (Lipinski definition) is 1. The molecule has 0 unspecified atom stereocenters. The van der Waals surface area contributed by atoms with Crippen molar-refractivity contribution in [1.82, 2.24) is 24.7 Å². The first-order chi connectivity index (χ1) is 11.4. The predicted molar refractivity (Wildman–Crippen MR) is 92.7 cm³/mol. The fraction of sp³-hybridized carbons (Fsp3) is 0.706. The molecule has 0 aliphatic carbocycles. The lowest BCUT2D eigenvalue weighted by molar-refractivity contribution is -0.126.